The van der Waals surface area contributed by atoms with Crippen molar-refractivity contribution in [3.63, 3.8) is 0 Å². The summed E-state index contributed by atoms with van der Waals surface area (Å²) in [5.74, 6) is 1.70. The standard InChI is InChI=1S/C16H17N3O/c1-3-19-13-9-6-8-12(17)15(13)18-16(19)11-7-4-5-10-14(11)20-2/h4-10H,3,17H2,1-2H3. The van der Waals surface area contributed by atoms with Crippen molar-refractivity contribution >= 4 is 16.7 Å². The van der Waals surface area contributed by atoms with Crippen LogP contribution in [-0.2, 0) is 6.54 Å². The molecule has 0 atom stereocenters. The van der Waals surface area contributed by atoms with Crippen molar-refractivity contribution in [3.8, 4) is 17.1 Å². The van der Waals surface area contributed by atoms with E-state index in [1.165, 1.54) is 0 Å². The molecule has 0 spiro atoms. The summed E-state index contributed by atoms with van der Waals surface area (Å²) in [5.41, 5.74) is 9.61. The highest BCUT2D eigenvalue weighted by molar-refractivity contribution is 5.90. The molecule has 20 heavy (non-hydrogen) atoms. The van der Waals surface area contributed by atoms with Crippen LogP contribution in [0.2, 0.25) is 0 Å². The topological polar surface area (TPSA) is 53.1 Å². The number of fused-ring (bicyclic) bond motifs is 1. The van der Waals surface area contributed by atoms with E-state index in [1.54, 1.807) is 7.11 Å². The zero-order chi connectivity index (χ0) is 14.1. The van der Waals surface area contributed by atoms with Gasteiger partial charge in [0, 0.05) is 6.54 Å². The maximum absolute atomic E-state index is 6.03. The molecule has 0 bridgehead atoms. The highest BCUT2D eigenvalue weighted by Crippen LogP contribution is 2.33. The SMILES string of the molecule is CCn1c(-c2ccccc2OC)nc2c(N)cccc21. The molecule has 102 valence electrons. The summed E-state index contributed by atoms with van der Waals surface area (Å²) in [6.45, 7) is 2.93. The molecule has 0 radical (unpaired) electrons. The molecule has 3 aromatic rings. The summed E-state index contributed by atoms with van der Waals surface area (Å²) in [6, 6.07) is 13.8. The third-order valence-electron chi connectivity index (χ3n) is 3.47. The van der Waals surface area contributed by atoms with Crippen molar-refractivity contribution < 1.29 is 4.74 Å². The molecule has 2 aromatic carbocycles. The van der Waals surface area contributed by atoms with Gasteiger partial charge in [0.15, 0.2) is 0 Å². The summed E-state index contributed by atoms with van der Waals surface area (Å²) in [5, 5.41) is 0. The monoisotopic (exact) mass is 267 g/mol. The number of aryl methyl sites for hydroxylation is 1. The van der Waals surface area contributed by atoms with Crippen LogP contribution in [-0.4, -0.2) is 16.7 Å². The van der Waals surface area contributed by atoms with Gasteiger partial charge < -0.3 is 15.0 Å². The Bertz CT molecular complexity index is 762. The summed E-state index contributed by atoms with van der Waals surface area (Å²) >= 11 is 0. The normalized spacial score (nSPS) is 10.9. The Kier molecular flexibility index (Phi) is 3.06. The van der Waals surface area contributed by atoms with Gasteiger partial charge in [0.25, 0.3) is 0 Å². The number of methoxy groups -OCH3 is 1. The van der Waals surface area contributed by atoms with E-state index < -0.39 is 0 Å². The lowest BCUT2D eigenvalue weighted by atomic mass is 10.2. The second kappa shape index (κ2) is 4.89. The van der Waals surface area contributed by atoms with Crippen molar-refractivity contribution in [2.24, 2.45) is 0 Å². The number of hydrogen-bond donors (Lipinski definition) is 1. The molecule has 4 nitrogen and oxygen atoms in total. The molecule has 1 heterocycles. The average molecular weight is 267 g/mol. The molecule has 0 aliphatic heterocycles. The first kappa shape index (κ1) is 12.5. The fraction of sp³-hybridized carbons (Fsp3) is 0.188. The van der Waals surface area contributed by atoms with E-state index in [0.29, 0.717) is 5.69 Å². The summed E-state index contributed by atoms with van der Waals surface area (Å²) < 4.78 is 7.60. The van der Waals surface area contributed by atoms with E-state index in [0.717, 1.165) is 34.7 Å². The lowest BCUT2D eigenvalue weighted by Gasteiger charge is -2.09. The van der Waals surface area contributed by atoms with Crippen molar-refractivity contribution in [2.75, 3.05) is 12.8 Å². The number of imidazole rings is 1. The van der Waals surface area contributed by atoms with Gasteiger partial charge >= 0.3 is 0 Å². The molecule has 0 aliphatic rings. The van der Waals surface area contributed by atoms with Crippen LogP contribution in [0.25, 0.3) is 22.4 Å². The minimum Gasteiger partial charge on any atom is -0.496 e. The molecular weight excluding hydrogens is 250 g/mol. The fourth-order valence-corrected chi connectivity index (χ4v) is 2.52. The van der Waals surface area contributed by atoms with E-state index in [2.05, 4.69) is 11.5 Å². The highest BCUT2D eigenvalue weighted by atomic mass is 16.5. The van der Waals surface area contributed by atoms with Crippen LogP contribution in [0.5, 0.6) is 5.75 Å². The average Bonchev–Trinajstić information content (AvgIpc) is 2.87. The third-order valence-corrected chi connectivity index (χ3v) is 3.47. The van der Waals surface area contributed by atoms with Crippen molar-refractivity contribution in [3.05, 3.63) is 42.5 Å². The Morgan fingerprint density at radius 1 is 1.15 bits per heavy atom. The second-order valence-corrected chi connectivity index (χ2v) is 4.59. The van der Waals surface area contributed by atoms with Gasteiger partial charge in [-0.15, -0.1) is 0 Å². The fourth-order valence-electron chi connectivity index (χ4n) is 2.52. The molecule has 0 saturated heterocycles. The maximum Gasteiger partial charge on any atom is 0.144 e. The predicted octanol–water partition coefficient (Wildman–Crippen LogP) is 3.31. The van der Waals surface area contributed by atoms with E-state index in [4.69, 9.17) is 15.5 Å². The highest BCUT2D eigenvalue weighted by Gasteiger charge is 2.15. The van der Waals surface area contributed by atoms with Crippen LogP contribution >= 0.6 is 0 Å². The van der Waals surface area contributed by atoms with Gasteiger partial charge in [0.1, 0.15) is 17.1 Å². The van der Waals surface area contributed by atoms with Crippen LogP contribution in [0.4, 0.5) is 5.69 Å². The van der Waals surface area contributed by atoms with Gasteiger partial charge in [-0.25, -0.2) is 4.98 Å². The number of nitrogen functional groups attached to an aromatic ring is 1. The van der Waals surface area contributed by atoms with E-state index in [-0.39, 0.29) is 0 Å². The number of ether oxygens (including phenoxy) is 1. The number of hydrogen-bond acceptors (Lipinski definition) is 3. The Morgan fingerprint density at radius 3 is 2.70 bits per heavy atom. The second-order valence-electron chi connectivity index (χ2n) is 4.59. The Labute approximate surface area is 117 Å². The third kappa shape index (κ3) is 1.81. The minimum atomic E-state index is 0.700. The molecular formula is C16H17N3O. The van der Waals surface area contributed by atoms with Gasteiger partial charge in [-0.05, 0) is 31.2 Å². The quantitative estimate of drug-likeness (QED) is 0.741. The molecule has 0 saturated carbocycles. The maximum atomic E-state index is 6.03. The van der Waals surface area contributed by atoms with Gasteiger partial charge in [0.2, 0.25) is 0 Å². The van der Waals surface area contributed by atoms with Crippen LogP contribution < -0.4 is 10.5 Å². The number of para-hydroxylation sites is 2. The first-order valence-corrected chi connectivity index (χ1v) is 6.64. The zero-order valence-corrected chi connectivity index (χ0v) is 11.6. The Balaban J connectivity index is 2.33. The molecule has 0 aliphatic carbocycles. The van der Waals surface area contributed by atoms with E-state index >= 15 is 0 Å². The molecule has 1 aromatic heterocycles. The number of nitrogens with zero attached hydrogens (tertiary/aromatic N) is 2. The lowest BCUT2D eigenvalue weighted by molar-refractivity contribution is 0.416. The minimum absolute atomic E-state index is 0.700. The molecule has 0 fully saturated rings. The van der Waals surface area contributed by atoms with Gasteiger partial charge in [-0.3, -0.25) is 0 Å². The number of anilines is 1. The van der Waals surface area contributed by atoms with Crippen LogP contribution in [0, 0.1) is 0 Å². The molecule has 0 amide bonds. The first-order valence-electron chi connectivity index (χ1n) is 6.64. The molecule has 2 N–H and O–H groups in total. The molecule has 4 heteroatoms. The number of aromatic nitrogens is 2. The Hall–Kier alpha value is -2.49. The smallest absolute Gasteiger partial charge is 0.144 e. The van der Waals surface area contributed by atoms with Crippen molar-refractivity contribution in [1.29, 1.82) is 0 Å². The largest absolute Gasteiger partial charge is 0.496 e. The molecule has 0 unspecified atom stereocenters. The van der Waals surface area contributed by atoms with Crippen LogP contribution in [0.3, 0.4) is 0 Å². The number of rotatable bonds is 3. The summed E-state index contributed by atoms with van der Waals surface area (Å²) in [4.78, 5) is 4.72. The predicted molar refractivity (Wildman–Crippen MR) is 81.8 cm³/mol. The van der Waals surface area contributed by atoms with Crippen LogP contribution in [0.1, 0.15) is 6.92 Å². The number of nitrogens with two attached hydrogens (primary N) is 1. The summed E-state index contributed by atoms with van der Waals surface area (Å²) in [6.07, 6.45) is 0. The van der Waals surface area contributed by atoms with Gasteiger partial charge in [0.05, 0.1) is 23.9 Å². The number of benzene rings is 2. The van der Waals surface area contributed by atoms with Crippen LogP contribution in [0.15, 0.2) is 42.5 Å². The van der Waals surface area contributed by atoms with E-state index in [9.17, 15) is 0 Å². The van der Waals surface area contributed by atoms with E-state index in [1.807, 2.05) is 42.5 Å². The van der Waals surface area contributed by atoms with Gasteiger partial charge in [-0.2, -0.15) is 0 Å². The van der Waals surface area contributed by atoms with Gasteiger partial charge in [-0.1, -0.05) is 18.2 Å². The first-order chi connectivity index (χ1) is 9.76. The zero-order valence-electron chi connectivity index (χ0n) is 11.6. The van der Waals surface area contributed by atoms with Crippen molar-refractivity contribution in [2.45, 2.75) is 13.5 Å². The summed E-state index contributed by atoms with van der Waals surface area (Å²) in [7, 11) is 1.67. The molecule has 3 rings (SSSR count). The Morgan fingerprint density at radius 2 is 1.95 bits per heavy atom. The lowest BCUT2D eigenvalue weighted by Crippen LogP contribution is -1.99. The van der Waals surface area contributed by atoms with Crippen molar-refractivity contribution in [1.82, 2.24) is 9.55 Å².